The molecule has 0 fully saturated rings. The van der Waals surface area contributed by atoms with E-state index in [0.717, 1.165) is 21.8 Å². The molecule has 5 aromatic rings. The Morgan fingerprint density at radius 1 is 0.912 bits per heavy atom. The van der Waals surface area contributed by atoms with Crippen molar-refractivity contribution in [1.82, 2.24) is 4.57 Å². The number of benzene rings is 4. The largest absolute Gasteiger partial charge is 0.310 e. The molecule has 1 heterocycles. The van der Waals surface area contributed by atoms with E-state index >= 15 is 0 Å². The van der Waals surface area contributed by atoms with Gasteiger partial charge in [0.15, 0.2) is 0 Å². The van der Waals surface area contributed by atoms with Crippen molar-refractivity contribution in [2.24, 2.45) is 0 Å². The Balaban J connectivity index is 1.79. The molecule has 0 bridgehead atoms. The van der Waals surface area contributed by atoms with Crippen molar-refractivity contribution in [2.45, 2.75) is 26.2 Å². The molecule has 0 radical (unpaired) electrons. The molecule has 34 heavy (non-hydrogen) atoms. The minimum atomic E-state index is -0.753. The molecule has 4 aromatic carbocycles. The van der Waals surface area contributed by atoms with Gasteiger partial charge in [-0.1, -0.05) is 56.3 Å². The van der Waals surface area contributed by atoms with E-state index < -0.39 is 5.82 Å². The number of aromatic nitrogens is 1. The highest BCUT2D eigenvalue weighted by molar-refractivity contribution is 6.11. The van der Waals surface area contributed by atoms with Crippen LogP contribution in [-0.2, 0) is 5.41 Å². The molecule has 0 spiro atoms. The van der Waals surface area contributed by atoms with Gasteiger partial charge in [-0.2, -0.15) is 5.26 Å². The number of rotatable bonds is 1. The smallest absolute Gasteiger partial charge is 0.228 e. The number of hydrogen-bond acceptors (Lipinski definition) is 1. The lowest BCUT2D eigenvalue weighted by Gasteiger charge is -2.22. The van der Waals surface area contributed by atoms with Crippen molar-refractivity contribution in [1.29, 1.82) is 5.26 Å². The quantitative estimate of drug-likeness (QED) is 0.243. The van der Waals surface area contributed by atoms with Gasteiger partial charge in [-0.25, -0.2) is 9.24 Å². The van der Waals surface area contributed by atoms with Crippen molar-refractivity contribution in [3.8, 4) is 22.9 Å². The summed E-state index contributed by atoms with van der Waals surface area (Å²) in [4.78, 5) is 3.43. The molecular formula is C30H20FN3. The average Bonchev–Trinajstić information content (AvgIpc) is 3.28. The van der Waals surface area contributed by atoms with Crippen LogP contribution >= 0.6 is 0 Å². The van der Waals surface area contributed by atoms with Crippen molar-refractivity contribution in [3.05, 3.63) is 106 Å². The lowest BCUT2D eigenvalue weighted by Crippen LogP contribution is -2.15. The minimum absolute atomic E-state index is 0.103. The van der Waals surface area contributed by atoms with E-state index in [1.807, 2.05) is 24.3 Å². The number of hydrogen-bond donors (Lipinski definition) is 0. The van der Waals surface area contributed by atoms with Gasteiger partial charge in [-0.15, -0.1) is 0 Å². The molecule has 0 saturated heterocycles. The predicted octanol–water partition coefficient (Wildman–Crippen LogP) is 7.96. The fraction of sp³-hybridized carbons (Fsp3) is 0.133. The summed E-state index contributed by atoms with van der Waals surface area (Å²) in [5, 5.41) is 11.7. The fourth-order valence-corrected chi connectivity index (χ4v) is 5.59. The summed E-state index contributed by atoms with van der Waals surface area (Å²) in [6, 6.07) is 24.6. The molecule has 1 aliphatic carbocycles. The third-order valence-electron chi connectivity index (χ3n) is 7.31. The first-order valence-corrected chi connectivity index (χ1v) is 11.2. The maximum Gasteiger partial charge on any atom is 0.228 e. The van der Waals surface area contributed by atoms with Crippen molar-refractivity contribution >= 4 is 27.5 Å². The second-order valence-electron chi connectivity index (χ2n) is 9.39. The van der Waals surface area contributed by atoms with Crippen molar-refractivity contribution < 1.29 is 4.39 Å². The molecule has 1 aromatic heterocycles. The Morgan fingerprint density at radius 2 is 1.65 bits per heavy atom. The molecule has 162 valence electrons. The van der Waals surface area contributed by atoms with E-state index in [0.29, 0.717) is 11.3 Å². The van der Waals surface area contributed by atoms with Crippen LogP contribution in [0, 0.1) is 30.6 Å². The van der Waals surface area contributed by atoms with Crippen LogP contribution in [0.15, 0.2) is 66.7 Å². The molecule has 0 N–H and O–H groups in total. The SMILES string of the molecule is [C-]#[N+]c1c(C)c(-n2c3ccccc3c3cc4c(cc32)C(C)(C)c2ccccc2-4)cc(C#N)c1F. The third-order valence-corrected chi connectivity index (χ3v) is 7.31. The molecule has 0 unspecified atom stereocenters. The van der Waals surface area contributed by atoms with E-state index in [1.165, 1.54) is 22.3 Å². The zero-order chi connectivity index (χ0) is 23.8. The van der Waals surface area contributed by atoms with Gasteiger partial charge >= 0.3 is 0 Å². The summed E-state index contributed by atoms with van der Waals surface area (Å²) in [6.45, 7) is 13.8. The number of nitrogens with zero attached hydrogens (tertiary/aromatic N) is 3. The van der Waals surface area contributed by atoms with Crippen molar-refractivity contribution in [3.63, 3.8) is 0 Å². The fourth-order valence-electron chi connectivity index (χ4n) is 5.59. The van der Waals surface area contributed by atoms with E-state index in [1.54, 1.807) is 13.0 Å². The Labute approximate surface area is 197 Å². The van der Waals surface area contributed by atoms with E-state index in [4.69, 9.17) is 6.57 Å². The topological polar surface area (TPSA) is 33.1 Å². The molecule has 3 nitrogen and oxygen atoms in total. The molecule has 6 rings (SSSR count). The Hall–Kier alpha value is -4.41. The second kappa shape index (κ2) is 6.80. The van der Waals surface area contributed by atoms with Gasteiger partial charge in [0, 0.05) is 21.9 Å². The number of nitriles is 1. The summed E-state index contributed by atoms with van der Waals surface area (Å²) < 4.78 is 16.8. The van der Waals surface area contributed by atoms with Crippen LogP contribution in [0.3, 0.4) is 0 Å². The van der Waals surface area contributed by atoms with Crippen LogP contribution in [0.1, 0.15) is 36.1 Å². The van der Waals surface area contributed by atoms with E-state index in [9.17, 15) is 9.65 Å². The van der Waals surface area contributed by atoms with Crippen LogP contribution in [0.25, 0.3) is 43.5 Å². The summed E-state index contributed by atoms with van der Waals surface area (Å²) in [5.41, 5.74) is 7.74. The summed E-state index contributed by atoms with van der Waals surface area (Å²) in [7, 11) is 0. The lowest BCUT2D eigenvalue weighted by molar-refractivity contribution is 0.628. The van der Waals surface area contributed by atoms with Gasteiger partial charge in [0.2, 0.25) is 5.69 Å². The molecule has 0 atom stereocenters. The monoisotopic (exact) mass is 441 g/mol. The summed E-state index contributed by atoms with van der Waals surface area (Å²) >= 11 is 0. The molecule has 0 saturated carbocycles. The van der Waals surface area contributed by atoms with Crippen LogP contribution in [0.5, 0.6) is 0 Å². The zero-order valence-electron chi connectivity index (χ0n) is 19.1. The molecule has 0 amide bonds. The third kappa shape index (κ3) is 2.43. The highest BCUT2D eigenvalue weighted by atomic mass is 19.1. The first kappa shape index (κ1) is 20.2. The van der Waals surface area contributed by atoms with Gasteiger partial charge in [-0.3, -0.25) is 0 Å². The Morgan fingerprint density at radius 3 is 2.41 bits per heavy atom. The minimum Gasteiger partial charge on any atom is -0.310 e. The van der Waals surface area contributed by atoms with Gasteiger partial charge < -0.3 is 4.57 Å². The van der Waals surface area contributed by atoms with Crippen LogP contribution in [-0.4, -0.2) is 4.57 Å². The number of para-hydroxylation sites is 1. The molecular weight excluding hydrogens is 421 g/mol. The first-order chi connectivity index (χ1) is 16.4. The molecule has 4 heteroatoms. The lowest BCUT2D eigenvalue weighted by atomic mass is 9.82. The van der Waals surface area contributed by atoms with E-state index in [2.05, 4.69) is 65.7 Å². The maximum absolute atomic E-state index is 14.8. The maximum atomic E-state index is 14.8. The van der Waals surface area contributed by atoms with Gasteiger partial charge in [-0.05, 0) is 59.0 Å². The first-order valence-electron chi connectivity index (χ1n) is 11.2. The Bertz CT molecular complexity index is 1770. The molecule has 0 aliphatic heterocycles. The van der Waals surface area contributed by atoms with E-state index in [-0.39, 0.29) is 16.7 Å². The number of halogens is 1. The highest BCUT2D eigenvalue weighted by Gasteiger charge is 2.36. The summed E-state index contributed by atoms with van der Waals surface area (Å²) in [6.07, 6.45) is 0. The highest BCUT2D eigenvalue weighted by Crippen LogP contribution is 2.51. The molecule has 1 aliphatic rings. The van der Waals surface area contributed by atoms with Gasteiger partial charge in [0.25, 0.3) is 0 Å². The van der Waals surface area contributed by atoms with Gasteiger partial charge in [0.1, 0.15) is 11.9 Å². The second-order valence-corrected chi connectivity index (χ2v) is 9.39. The van der Waals surface area contributed by atoms with Crippen LogP contribution < -0.4 is 0 Å². The van der Waals surface area contributed by atoms with Crippen LogP contribution in [0.2, 0.25) is 0 Å². The standard InChI is InChI=1S/C30H20FN3/c1-17-26(13-18(16-32)28(31)29(17)33-4)34-25-12-8-6-10-20(25)22-14-21-19-9-5-7-11-23(19)30(2,3)24(21)15-27(22)34/h5-15H,1-3H3. The Kier molecular flexibility index (Phi) is 4.04. The average molecular weight is 442 g/mol. The zero-order valence-corrected chi connectivity index (χ0v) is 19.1. The van der Waals surface area contributed by atoms with Gasteiger partial charge in [0.05, 0.1) is 23.2 Å². The number of fused-ring (bicyclic) bond motifs is 6. The normalized spacial score (nSPS) is 13.5. The van der Waals surface area contributed by atoms with Crippen molar-refractivity contribution in [2.75, 3.05) is 0 Å². The predicted molar refractivity (Wildman–Crippen MR) is 134 cm³/mol. The van der Waals surface area contributed by atoms with Crippen LogP contribution in [0.4, 0.5) is 10.1 Å². The summed E-state index contributed by atoms with van der Waals surface area (Å²) in [5.74, 6) is -0.753.